The van der Waals surface area contributed by atoms with Crippen LogP contribution in [0.25, 0.3) is 0 Å². The van der Waals surface area contributed by atoms with E-state index in [4.69, 9.17) is 21.1 Å². The molecule has 2 heterocycles. The van der Waals surface area contributed by atoms with E-state index in [1.54, 1.807) is 0 Å². The highest BCUT2D eigenvalue weighted by atomic mass is 35.5. The molecule has 2 aliphatic rings. The summed E-state index contributed by atoms with van der Waals surface area (Å²) in [7, 11) is 0. The fourth-order valence-electron chi connectivity index (χ4n) is 4.48. The lowest BCUT2D eigenvalue weighted by molar-refractivity contribution is 0.209. The first-order valence-electron chi connectivity index (χ1n) is 11.5. The SMILES string of the molecule is CCOc1cc(CN2CCC(Nc3nc(Cl)nc4c3CCC4)CC2)ccc1OC(C)C. The summed E-state index contributed by atoms with van der Waals surface area (Å²) in [5.41, 5.74) is 3.64. The van der Waals surface area contributed by atoms with Crippen LogP contribution in [0, 0.1) is 0 Å². The Balaban J connectivity index is 1.34. The van der Waals surface area contributed by atoms with Crippen LogP contribution in [0.3, 0.4) is 0 Å². The number of anilines is 1. The van der Waals surface area contributed by atoms with Gasteiger partial charge in [-0.15, -0.1) is 0 Å². The Bertz CT molecular complexity index is 897. The summed E-state index contributed by atoms with van der Waals surface area (Å²) in [5, 5.41) is 4.02. The van der Waals surface area contributed by atoms with E-state index in [2.05, 4.69) is 32.3 Å². The van der Waals surface area contributed by atoms with E-state index in [9.17, 15) is 0 Å². The lowest BCUT2D eigenvalue weighted by atomic mass is 10.0. The number of hydrogen-bond donors (Lipinski definition) is 1. The zero-order valence-electron chi connectivity index (χ0n) is 18.8. The van der Waals surface area contributed by atoms with Gasteiger partial charge in [0.2, 0.25) is 5.28 Å². The Kier molecular flexibility index (Phi) is 7.18. The summed E-state index contributed by atoms with van der Waals surface area (Å²) >= 11 is 6.14. The van der Waals surface area contributed by atoms with Crippen LogP contribution in [-0.4, -0.2) is 46.7 Å². The van der Waals surface area contributed by atoms with Crippen LogP contribution >= 0.6 is 11.6 Å². The molecule has 0 atom stereocenters. The van der Waals surface area contributed by atoms with Gasteiger partial charge in [-0.2, -0.15) is 0 Å². The van der Waals surface area contributed by atoms with Gasteiger partial charge in [0.25, 0.3) is 0 Å². The largest absolute Gasteiger partial charge is 0.490 e. The van der Waals surface area contributed by atoms with Crippen LogP contribution in [-0.2, 0) is 19.4 Å². The molecule has 168 valence electrons. The Morgan fingerprint density at radius 2 is 1.97 bits per heavy atom. The number of fused-ring (bicyclic) bond motifs is 1. The number of hydrogen-bond acceptors (Lipinski definition) is 6. The Labute approximate surface area is 190 Å². The molecule has 0 spiro atoms. The van der Waals surface area contributed by atoms with Gasteiger partial charge in [-0.05, 0) is 82.2 Å². The third-order valence-corrected chi connectivity index (χ3v) is 6.08. The molecule has 1 fully saturated rings. The molecule has 2 aromatic rings. The number of benzene rings is 1. The number of nitrogens with one attached hydrogen (secondary N) is 1. The molecule has 31 heavy (non-hydrogen) atoms. The van der Waals surface area contributed by atoms with Crippen LogP contribution < -0.4 is 14.8 Å². The van der Waals surface area contributed by atoms with Gasteiger partial charge < -0.3 is 14.8 Å². The van der Waals surface area contributed by atoms with Gasteiger partial charge in [-0.1, -0.05) is 6.07 Å². The number of piperidine rings is 1. The number of halogens is 1. The average Bonchev–Trinajstić information content (AvgIpc) is 3.20. The summed E-state index contributed by atoms with van der Waals surface area (Å²) in [6.45, 7) is 9.72. The maximum atomic E-state index is 6.14. The maximum absolute atomic E-state index is 6.14. The van der Waals surface area contributed by atoms with Gasteiger partial charge in [0, 0.05) is 31.2 Å². The predicted molar refractivity (Wildman–Crippen MR) is 124 cm³/mol. The summed E-state index contributed by atoms with van der Waals surface area (Å²) < 4.78 is 11.7. The molecule has 1 saturated heterocycles. The van der Waals surface area contributed by atoms with Crippen LogP contribution in [0.1, 0.15) is 56.9 Å². The van der Waals surface area contributed by atoms with Gasteiger partial charge in [0.1, 0.15) is 5.82 Å². The topological polar surface area (TPSA) is 59.5 Å². The second-order valence-electron chi connectivity index (χ2n) is 8.70. The number of rotatable bonds is 8. The molecule has 1 aliphatic carbocycles. The molecule has 1 aliphatic heterocycles. The summed E-state index contributed by atoms with van der Waals surface area (Å²) in [5.74, 6) is 2.60. The highest BCUT2D eigenvalue weighted by molar-refractivity contribution is 6.28. The fourth-order valence-corrected chi connectivity index (χ4v) is 4.67. The van der Waals surface area contributed by atoms with Crippen LogP contribution in [0.15, 0.2) is 18.2 Å². The molecule has 6 nitrogen and oxygen atoms in total. The molecular formula is C24H33ClN4O2. The monoisotopic (exact) mass is 444 g/mol. The number of aromatic nitrogens is 2. The summed E-state index contributed by atoms with van der Waals surface area (Å²) in [4.78, 5) is 11.4. The van der Waals surface area contributed by atoms with Gasteiger partial charge in [0.05, 0.1) is 18.4 Å². The lowest BCUT2D eigenvalue weighted by Gasteiger charge is -2.33. The average molecular weight is 445 g/mol. The predicted octanol–water partition coefficient (Wildman–Crippen LogP) is 4.88. The zero-order valence-corrected chi connectivity index (χ0v) is 19.5. The molecule has 0 saturated carbocycles. The van der Waals surface area contributed by atoms with Gasteiger partial charge >= 0.3 is 0 Å². The van der Waals surface area contributed by atoms with E-state index in [1.165, 1.54) is 11.1 Å². The van der Waals surface area contributed by atoms with E-state index in [-0.39, 0.29) is 6.10 Å². The molecule has 7 heteroatoms. The fraction of sp³-hybridized carbons (Fsp3) is 0.583. The van der Waals surface area contributed by atoms with E-state index < -0.39 is 0 Å². The Hall–Kier alpha value is -2.05. The minimum atomic E-state index is 0.127. The first-order chi connectivity index (χ1) is 15.0. The molecule has 0 bridgehead atoms. The second-order valence-corrected chi connectivity index (χ2v) is 9.03. The first-order valence-corrected chi connectivity index (χ1v) is 11.9. The number of nitrogens with zero attached hydrogens (tertiary/aromatic N) is 3. The lowest BCUT2D eigenvalue weighted by Crippen LogP contribution is -2.39. The Morgan fingerprint density at radius 1 is 1.16 bits per heavy atom. The third kappa shape index (κ3) is 5.60. The normalized spacial score (nSPS) is 17.1. The summed E-state index contributed by atoms with van der Waals surface area (Å²) in [6.07, 6.45) is 5.50. The molecule has 1 N–H and O–H groups in total. The van der Waals surface area contributed by atoms with E-state index in [1.807, 2.05) is 26.8 Å². The number of likely N-dealkylation sites (tertiary alicyclic amines) is 1. The number of aryl methyl sites for hydroxylation is 1. The zero-order chi connectivity index (χ0) is 21.8. The molecule has 1 aromatic carbocycles. The molecule has 0 unspecified atom stereocenters. The van der Waals surface area contributed by atoms with Gasteiger partial charge in [-0.25, -0.2) is 9.97 Å². The van der Waals surface area contributed by atoms with E-state index in [0.717, 1.165) is 74.7 Å². The van der Waals surface area contributed by atoms with Crippen molar-refractivity contribution >= 4 is 17.4 Å². The molecule has 1 aromatic heterocycles. The van der Waals surface area contributed by atoms with Crippen molar-refractivity contribution in [2.75, 3.05) is 25.0 Å². The van der Waals surface area contributed by atoms with Gasteiger partial charge in [-0.3, -0.25) is 4.90 Å². The molecule has 0 amide bonds. The maximum Gasteiger partial charge on any atom is 0.224 e. The highest BCUT2D eigenvalue weighted by Gasteiger charge is 2.24. The summed E-state index contributed by atoms with van der Waals surface area (Å²) in [6, 6.07) is 6.73. The van der Waals surface area contributed by atoms with Crippen LogP contribution in [0.4, 0.5) is 5.82 Å². The van der Waals surface area contributed by atoms with Crippen molar-refractivity contribution in [3.05, 3.63) is 40.3 Å². The van der Waals surface area contributed by atoms with Crippen molar-refractivity contribution in [3.63, 3.8) is 0 Å². The second kappa shape index (κ2) is 10.0. The van der Waals surface area contributed by atoms with Crippen molar-refractivity contribution < 1.29 is 9.47 Å². The molecular weight excluding hydrogens is 412 g/mol. The van der Waals surface area contributed by atoms with Crippen LogP contribution in [0.2, 0.25) is 5.28 Å². The highest BCUT2D eigenvalue weighted by Crippen LogP contribution is 2.31. The minimum Gasteiger partial charge on any atom is -0.490 e. The number of ether oxygens (including phenoxy) is 2. The van der Waals surface area contributed by atoms with Crippen molar-refractivity contribution in [2.24, 2.45) is 0 Å². The first kappa shape index (κ1) is 22.2. The van der Waals surface area contributed by atoms with E-state index in [0.29, 0.717) is 17.9 Å². The minimum absolute atomic E-state index is 0.127. The smallest absolute Gasteiger partial charge is 0.224 e. The van der Waals surface area contributed by atoms with Crippen molar-refractivity contribution in [3.8, 4) is 11.5 Å². The van der Waals surface area contributed by atoms with Crippen LogP contribution in [0.5, 0.6) is 11.5 Å². The van der Waals surface area contributed by atoms with Crippen molar-refractivity contribution in [1.82, 2.24) is 14.9 Å². The Morgan fingerprint density at radius 3 is 2.71 bits per heavy atom. The van der Waals surface area contributed by atoms with E-state index >= 15 is 0 Å². The molecule has 4 rings (SSSR count). The van der Waals surface area contributed by atoms with Gasteiger partial charge in [0.15, 0.2) is 11.5 Å². The quantitative estimate of drug-likeness (QED) is 0.585. The standard InChI is InChI=1S/C24H33ClN4O2/c1-4-30-22-14-17(8-9-21(22)31-16(2)3)15-29-12-10-18(11-13-29)26-23-19-6-5-7-20(19)27-24(25)28-23/h8-9,14,16,18H,4-7,10-13,15H2,1-3H3,(H,26,27,28). The molecule has 0 radical (unpaired) electrons. The van der Waals surface area contributed by atoms with Crippen molar-refractivity contribution in [2.45, 2.75) is 71.6 Å². The third-order valence-electron chi connectivity index (χ3n) is 5.91. The van der Waals surface area contributed by atoms with Crippen molar-refractivity contribution in [1.29, 1.82) is 0 Å².